The van der Waals surface area contributed by atoms with Crippen LogP contribution in [0.1, 0.15) is 79.3 Å². The van der Waals surface area contributed by atoms with Gasteiger partial charge in [-0.1, -0.05) is 69.5 Å². The standard InChI is InChI=1S/C26H30N2O3/c1-16(2)17-8-10-20(11-9-17)23-24(29)22(26(31)28-23)25(30)27-21-14-12-19(13-15-21)18-6-4-3-5-7-18/h8-16,18,28-29,31H,3-7H2,1-2H3,(H,27,30). The largest absolute Gasteiger partial charge is 0.505 e. The molecule has 1 saturated carbocycles. The number of H-pyrrole nitrogens is 1. The monoisotopic (exact) mass is 418 g/mol. The number of hydrogen-bond acceptors (Lipinski definition) is 3. The Morgan fingerprint density at radius 2 is 1.61 bits per heavy atom. The highest BCUT2D eigenvalue weighted by atomic mass is 16.3. The smallest absolute Gasteiger partial charge is 0.264 e. The summed E-state index contributed by atoms with van der Waals surface area (Å²) in [6.07, 6.45) is 6.31. The van der Waals surface area contributed by atoms with E-state index in [1.54, 1.807) is 0 Å². The van der Waals surface area contributed by atoms with Crippen molar-refractivity contribution in [2.45, 2.75) is 57.8 Å². The number of nitrogens with one attached hydrogen (secondary N) is 2. The Hall–Kier alpha value is -3.21. The van der Waals surface area contributed by atoms with E-state index in [0.29, 0.717) is 28.8 Å². The molecule has 0 aliphatic heterocycles. The minimum atomic E-state index is -0.554. The first-order chi connectivity index (χ1) is 14.9. The number of aromatic nitrogens is 1. The van der Waals surface area contributed by atoms with Crippen LogP contribution in [0, 0.1) is 0 Å². The molecule has 2 aromatic carbocycles. The number of aromatic amines is 1. The highest BCUT2D eigenvalue weighted by Crippen LogP contribution is 2.38. The zero-order valence-electron chi connectivity index (χ0n) is 18.1. The molecular formula is C26H30N2O3. The summed E-state index contributed by atoms with van der Waals surface area (Å²) in [5, 5.41) is 23.7. The number of anilines is 1. The molecule has 162 valence electrons. The average Bonchev–Trinajstić information content (AvgIpc) is 3.09. The molecular weight excluding hydrogens is 388 g/mol. The Kier molecular flexibility index (Phi) is 6.03. The van der Waals surface area contributed by atoms with Gasteiger partial charge in [0, 0.05) is 11.3 Å². The molecule has 4 N–H and O–H groups in total. The zero-order valence-corrected chi connectivity index (χ0v) is 18.1. The summed E-state index contributed by atoms with van der Waals surface area (Å²) in [7, 11) is 0. The van der Waals surface area contributed by atoms with Gasteiger partial charge in [-0.05, 0) is 47.9 Å². The van der Waals surface area contributed by atoms with E-state index in [0.717, 1.165) is 0 Å². The lowest BCUT2D eigenvalue weighted by Gasteiger charge is -2.22. The van der Waals surface area contributed by atoms with Crippen molar-refractivity contribution in [1.29, 1.82) is 0 Å². The lowest BCUT2D eigenvalue weighted by atomic mass is 9.84. The number of rotatable bonds is 5. The van der Waals surface area contributed by atoms with Gasteiger partial charge in [-0.3, -0.25) is 4.79 Å². The molecule has 0 spiro atoms. The predicted octanol–water partition coefficient (Wildman–Crippen LogP) is 6.52. The third-order valence-electron chi connectivity index (χ3n) is 6.29. The van der Waals surface area contributed by atoms with Gasteiger partial charge in [0.2, 0.25) is 5.88 Å². The molecule has 1 heterocycles. The first kappa shape index (κ1) is 21.0. The van der Waals surface area contributed by atoms with E-state index in [2.05, 4.69) is 36.3 Å². The van der Waals surface area contributed by atoms with E-state index >= 15 is 0 Å². The number of benzene rings is 2. The summed E-state index contributed by atoms with van der Waals surface area (Å²) in [5.41, 5.74) is 3.98. The number of amides is 1. The van der Waals surface area contributed by atoms with Gasteiger partial charge < -0.3 is 20.5 Å². The summed E-state index contributed by atoms with van der Waals surface area (Å²) in [4.78, 5) is 15.5. The minimum absolute atomic E-state index is 0.153. The molecule has 0 unspecified atom stereocenters. The van der Waals surface area contributed by atoms with Crippen molar-refractivity contribution < 1.29 is 15.0 Å². The fourth-order valence-corrected chi connectivity index (χ4v) is 4.40. The molecule has 1 amide bonds. The Balaban J connectivity index is 1.51. The van der Waals surface area contributed by atoms with Crippen LogP contribution in [0.25, 0.3) is 11.3 Å². The molecule has 0 radical (unpaired) electrons. The Labute approximate surface area is 183 Å². The highest BCUT2D eigenvalue weighted by molar-refractivity contribution is 6.09. The van der Waals surface area contributed by atoms with Gasteiger partial charge >= 0.3 is 0 Å². The number of carbonyl (C=O) groups excluding carboxylic acids is 1. The molecule has 5 nitrogen and oxygen atoms in total. The van der Waals surface area contributed by atoms with E-state index in [1.165, 1.54) is 43.2 Å². The quantitative estimate of drug-likeness (QED) is 0.381. The zero-order chi connectivity index (χ0) is 22.0. The molecule has 1 aromatic heterocycles. The Morgan fingerprint density at radius 3 is 2.23 bits per heavy atom. The lowest BCUT2D eigenvalue weighted by molar-refractivity contribution is 0.102. The molecule has 0 saturated heterocycles. The Bertz CT molecular complexity index is 1040. The third kappa shape index (κ3) is 4.46. The van der Waals surface area contributed by atoms with Crippen molar-refractivity contribution in [3.05, 3.63) is 65.2 Å². The van der Waals surface area contributed by atoms with Gasteiger partial charge in [-0.15, -0.1) is 0 Å². The maximum atomic E-state index is 12.8. The van der Waals surface area contributed by atoms with E-state index in [4.69, 9.17) is 0 Å². The number of hydrogen-bond donors (Lipinski definition) is 4. The molecule has 1 aliphatic rings. The summed E-state index contributed by atoms with van der Waals surface area (Å²) < 4.78 is 0. The molecule has 0 bridgehead atoms. The van der Waals surface area contributed by atoms with Crippen LogP contribution in [0.4, 0.5) is 5.69 Å². The molecule has 4 rings (SSSR count). The molecule has 31 heavy (non-hydrogen) atoms. The Morgan fingerprint density at radius 1 is 0.968 bits per heavy atom. The summed E-state index contributed by atoms with van der Waals surface area (Å²) in [6.45, 7) is 4.22. The predicted molar refractivity (Wildman–Crippen MR) is 124 cm³/mol. The van der Waals surface area contributed by atoms with Crippen LogP contribution in [0.2, 0.25) is 0 Å². The summed E-state index contributed by atoms with van der Waals surface area (Å²) in [5.74, 6) is -0.170. The van der Waals surface area contributed by atoms with E-state index in [1.807, 2.05) is 36.4 Å². The summed E-state index contributed by atoms with van der Waals surface area (Å²) >= 11 is 0. The van der Waals surface area contributed by atoms with Crippen LogP contribution in [-0.2, 0) is 0 Å². The normalized spacial score (nSPS) is 14.7. The fourth-order valence-electron chi connectivity index (χ4n) is 4.40. The number of aromatic hydroxyl groups is 2. The van der Waals surface area contributed by atoms with E-state index in [9.17, 15) is 15.0 Å². The van der Waals surface area contributed by atoms with Gasteiger partial charge in [0.1, 0.15) is 5.56 Å². The van der Waals surface area contributed by atoms with Gasteiger partial charge in [0.25, 0.3) is 5.91 Å². The van der Waals surface area contributed by atoms with E-state index < -0.39 is 5.91 Å². The topological polar surface area (TPSA) is 85.3 Å². The average molecular weight is 419 g/mol. The van der Waals surface area contributed by atoms with Crippen LogP contribution in [0.3, 0.4) is 0 Å². The minimum Gasteiger partial charge on any atom is -0.505 e. The van der Waals surface area contributed by atoms with E-state index in [-0.39, 0.29) is 17.2 Å². The SMILES string of the molecule is CC(C)c1ccc(-c2[nH]c(O)c(C(=O)Nc3ccc(C4CCCCC4)cc3)c2O)cc1. The maximum Gasteiger partial charge on any atom is 0.264 e. The second-order valence-electron chi connectivity index (χ2n) is 8.76. The first-order valence-corrected chi connectivity index (χ1v) is 11.1. The van der Waals surface area contributed by atoms with Crippen molar-refractivity contribution in [3.8, 4) is 22.9 Å². The van der Waals surface area contributed by atoms with Gasteiger partial charge in [-0.25, -0.2) is 0 Å². The van der Waals surface area contributed by atoms with Crippen LogP contribution >= 0.6 is 0 Å². The maximum absolute atomic E-state index is 12.8. The second-order valence-corrected chi connectivity index (χ2v) is 8.76. The van der Waals surface area contributed by atoms with Crippen molar-refractivity contribution in [1.82, 2.24) is 4.98 Å². The van der Waals surface area contributed by atoms with Crippen LogP contribution in [-0.4, -0.2) is 21.1 Å². The first-order valence-electron chi connectivity index (χ1n) is 11.1. The van der Waals surface area contributed by atoms with Gasteiger partial charge in [-0.2, -0.15) is 0 Å². The van der Waals surface area contributed by atoms with Crippen LogP contribution in [0.5, 0.6) is 11.6 Å². The third-order valence-corrected chi connectivity index (χ3v) is 6.29. The van der Waals surface area contributed by atoms with Crippen LogP contribution < -0.4 is 5.32 Å². The fraction of sp³-hybridized carbons (Fsp3) is 0.346. The van der Waals surface area contributed by atoms with Gasteiger partial charge in [0.05, 0.1) is 5.69 Å². The highest BCUT2D eigenvalue weighted by Gasteiger charge is 2.24. The van der Waals surface area contributed by atoms with Crippen molar-refractivity contribution in [2.75, 3.05) is 5.32 Å². The molecule has 3 aromatic rings. The number of carbonyl (C=O) groups is 1. The second kappa shape index (κ2) is 8.88. The van der Waals surface area contributed by atoms with Gasteiger partial charge in [0.15, 0.2) is 5.75 Å². The lowest BCUT2D eigenvalue weighted by Crippen LogP contribution is -2.12. The van der Waals surface area contributed by atoms with Crippen molar-refractivity contribution in [2.24, 2.45) is 0 Å². The van der Waals surface area contributed by atoms with Crippen molar-refractivity contribution >= 4 is 11.6 Å². The molecule has 1 aliphatic carbocycles. The molecule has 0 atom stereocenters. The molecule has 5 heteroatoms. The van der Waals surface area contributed by atoms with Crippen LogP contribution in [0.15, 0.2) is 48.5 Å². The van der Waals surface area contributed by atoms with Crippen molar-refractivity contribution in [3.63, 3.8) is 0 Å². The summed E-state index contributed by atoms with van der Waals surface area (Å²) in [6, 6.07) is 15.6. The molecule has 1 fully saturated rings.